The third kappa shape index (κ3) is 4.00. The van der Waals surface area contributed by atoms with Crippen molar-refractivity contribution < 1.29 is 24.1 Å². The molecule has 2 saturated heterocycles. The Kier molecular flexibility index (Phi) is 7.05. The van der Waals surface area contributed by atoms with Gasteiger partial charge in [-0.15, -0.1) is 0 Å². The topological polar surface area (TPSA) is 94.3 Å². The Labute approximate surface area is 265 Å². The van der Waals surface area contributed by atoms with Crippen molar-refractivity contribution >= 4 is 5.91 Å². The third-order valence-electron chi connectivity index (χ3n) is 15.8. The summed E-state index contributed by atoms with van der Waals surface area (Å²) in [5.41, 5.74) is 7.64. The van der Waals surface area contributed by atoms with Gasteiger partial charge in [-0.3, -0.25) is 4.79 Å². The summed E-state index contributed by atoms with van der Waals surface area (Å²) in [6.07, 6.45) is 13.8. The molecule has 13 atom stereocenters. The van der Waals surface area contributed by atoms with Crippen LogP contribution in [-0.2, 0) is 19.0 Å². The van der Waals surface area contributed by atoms with Crippen molar-refractivity contribution in [3.05, 3.63) is 0 Å². The lowest BCUT2D eigenvalue weighted by Crippen LogP contribution is -2.70. The van der Waals surface area contributed by atoms with E-state index in [0.717, 1.165) is 44.9 Å². The number of nitrogens with two attached hydrogens (primary N) is 1. The quantitative estimate of drug-likeness (QED) is 0.402. The van der Waals surface area contributed by atoms with Gasteiger partial charge in [-0.05, 0) is 122 Å². The van der Waals surface area contributed by atoms with Crippen molar-refractivity contribution in [1.29, 1.82) is 0 Å². The second-order valence-corrected chi connectivity index (χ2v) is 18.0. The van der Waals surface area contributed by atoms with Crippen LogP contribution in [0.2, 0.25) is 0 Å². The van der Waals surface area contributed by atoms with Gasteiger partial charge < -0.3 is 30.0 Å². The summed E-state index contributed by atoms with van der Waals surface area (Å²) in [4.78, 5) is 14.8. The SMILES string of the molecule is CCCC1CC(C)C2C(O1)C(O)C1(N)C3CCC4C(C)(C)C(OC5CN(C(=O)CC6CC6)CCO5)CCC45CC35CCC21C. The third-order valence-corrected chi connectivity index (χ3v) is 15.8. The highest BCUT2D eigenvalue weighted by Crippen LogP contribution is 2.87. The zero-order valence-electron chi connectivity index (χ0n) is 28.2. The molecule has 0 aromatic carbocycles. The van der Waals surface area contributed by atoms with E-state index in [1.54, 1.807) is 0 Å². The number of amides is 1. The van der Waals surface area contributed by atoms with E-state index < -0.39 is 11.6 Å². The molecule has 6 aliphatic carbocycles. The molecule has 7 nitrogen and oxygen atoms in total. The fourth-order valence-electron chi connectivity index (χ4n) is 13.6. The Morgan fingerprint density at radius 2 is 1.80 bits per heavy atom. The molecule has 1 amide bonds. The number of hydrogen-bond donors (Lipinski definition) is 2. The van der Waals surface area contributed by atoms with Crippen molar-refractivity contribution in [3.63, 3.8) is 0 Å². The maximum absolute atomic E-state index is 12.9. The Bertz CT molecular complexity index is 1160. The Morgan fingerprint density at radius 3 is 2.55 bits per heavy atom. The Hall–Kier alpha value is -0.730. The number of aliphatic hydroxyl groups excluding tert-OH is 1. The normalized spacial score (nSPS) is 54.0. The number of ether oxygens (including phenoxy) is 3. The lowest BCUT2D eigenvalue weighted by Gasteiger charge is -2.63. The maximum atomic E-state index is 12.9. The van der Waals surface area contributed by atoms with Gasteiger partial charge in [0.2, 0.25) is 5.91 Å². The van der Waals surface area contributed by atoms with Crippen LogP contribution in [0.15, 0.2) is 0 Å². The van der Waals surface area contributed by atoms with Gasteiger partial charge in [0.15, 0.2) is 6.29 Å². The number of hydrogen-bond acceptors (Lipinski definition) is 6. The van der Waals surface area contributed by atoms with Gasteiger partial charge in [0.25, 0.3) is 0 Å². The Balaban J connectivity index is 1.01. The van der Waals surface area contributed by atoms with Crippen LogP contribution in [0.4, 0.5) is 0 Å². The average Bonchev–Trinajstić information content (AvgIpc) is 3.90. The minimum atomic E-state index is -0.589. The summed E-state index contributed by atoms with van der Waals surface area (Å²) in [5.74, 6) is 2.69. The maximum Gasteiger partial charge on any atom is 0.223 e. The predicted molar refractivity (Wildman–Crippen MR) is 168 cm³/mol. The first-order chi connectivity index (χ1) is 20.9. The van der Waals surface area contributed by atoms with Crippen LogP contribution in [0.3, 0.4) is 0 Å². The van der Waals surface area contributed by atoms with Crippen LogP contribution in [0, 0.1) is 51.2 Å². The first-order valence-electron chi connectivity index (χ1n) is 18.6. The first-order valence-corrected chi connectivity index (χ1v) is 18.6. The van der Waals surface area contributed by atoms with Gasteiger partial charge >= 0.3 is 0 Å². The van der Waals surface area contributed by atoms with Gasteiger partial charge in [0, 0.05) is 13.0 Å². The molecule has 0 aromatic rings. The Morgan fingerprint density at radius 1 is 1.05 bits per heavy atom. The van der Waals surface area contributed by atoms with Gasteiger partial charge in [-0.1, -0.05) is 41.0 Å². The number of carbonyl (C=O) groups is 1. The molecule has 8 aliphatic rings. The number of morpholine rings is 1. The average molecular weight is 613 g/mol. The molecule has 2 aliphatic heterocycles. The molecule has 2 heterocycles. The highest BCUT2D eigenvalue weighted by molar-refractivity contribution is 5.76. The standard InChI is InChI=1S/C37H60N2O5/c1-6-7-24-18-22(2)30-31(43-24)32(41)37(38)26-11-10-25-33(3,4)27(12-13-35(25)21-36(26,35)15-14-34(30,37)5)44-29-20-39(16-17-42-29)28(40)19-23-8-9-23/h22-27,29-32,41H,6-21,38H2,1-5H3. The van der Waals surface area contributed by atoms with Gasteiger partial charge in [0.05, 0.1) is 43.1 Å². The molecule has 13 unspecified atom stereocenters. The van der Waals surface area contributed by atoms with E-state index in [1.165, 1.54) is 32.1 Å². The zero-order valence-corrected chi connectivity index (χ0v) is 28.2. The minimum Gasteiger partial charge on any atom is -0.388 e. The van der Waals surface area contributed by atoms with Crippen molar-refractivity contribution in [2.45, 2.75) is 154 Å². The van der Waals surface area contributed by atoms with Crippen LogP contribution in [0.25, 0.3) is 0 Å². The first kappa shape index (κ1) is 30.6. The second kappa shape index (κ2) is 10.1. The monoisotopic (exact) mass is 612 g/mol. The van der Waals surface area contributed by atoms with Gasteiger partial charge in [0.1, 0.15) is 0 Å². The van der Waals surface area contributed by atoms with Crippen molar-refractivity contribution in [1.82, 2.24) is 4.90 Å². The molecular weight excluding hydrogens is 552 g/mol. The van der Waals surface area contributed by atoms with E-state index in [-0.39, 0.29) is 46.8 Å². The van der Waals surface area contributed by atoms with Crippen LogP contribution >= 0.6 is 0 Å². The van der Waals surface area contributed by atoms with Crippen molar-refractivity contribution in [3.8, 4) is 0 Å². The van der Waals surface area contributed by atoms with Gasteiger partial charge in [-0.25, -0.2) is 0 Å². The molecule has 0 radical (unpaired) electrons. The van der Waals surface area contributed by atoms with E-state index in [1.807, 2.05) is 4.90 Å². The van der Waals surface area contributed by atoms with Crippen LogP contribution in [0.5, 0.6) is 0 Å². The minimum absolute atomic E-state index is 0.0200. The molecular formula is C37H60N2O5. The van der Waals surface area contributed by atoms with E-state index in [2.05, 4.69) is 34.6 Å². The number of nitrogens with zero attached hydrogens (tertiary/aromatic N) is 1. The number of aliphatic hydroxyl groups is 1. The van der Waals surface area contributed by atoms with Crippen molar-refractivity contribution in [2.24, 2.45) is 57.0 Å². The van der Waals surface area contributed by atoms with E-state index in [4.69, 9.17) is 19.9 Å². The molecule has 3 N–H and O–H groups in total. The molecule has 8 fully saturated rings. The largest absolute Gasteiger partial charge is 0.388 e. The summed E-state index contributed by atoms with van der Waals surface area (Å²) in [7, 11) is 0. The summed E-state index contributed by atoms with van der Waals surface area (Å²) < 4.78 is 19.7. The van der Waals surface area contributed by atoms with Crippen molar-refractivity contribution in [2.75, 3.05) is 19.7 Å². The second-order valence-electron chi connectivity index (χ2n) is 18.0. The fraction of sp³-hybridized carbons (Fsp3) is 0.973. The summed E-state index contributed by atoms with van der Waals surface area (Å²) in [6, 6.07) is 0. The number of carbonyl (C=O) groups excluding carboxylic acids is 1. The van der Waals surface area contributed by atoms with Crippen LogP contribution in [-0.4, -0.2) is 71.9 Å². The van der Waals surface area contributed by atoms with Crippen LogP contribution < -0.4 is 5.73 Å². The zero-order chi connectivity index (χ0) is 30.9. The molecule has 2 spiro atoms. The molecule has 248 valence electrons. The van der Waals surface area contributed by atoms with Crippen LogP contribution in [0.1, 0.15) is 118 Å². The highest BCUT2D eigenvalue weighted by Gasteiger charge is 2.85. The smallest absolute Gasteiger partial charge is 0.223 e. The summed E-state index contributed by atoms with van der Waals surface area (Å²) >= 11 is 0. The molecule has 6 saturated carbocycles. The van der Waals surface area contributed by atoms with E-state index in [9.17, 15) is 9.90 Å². The molecule has 7 heteroatoms. The summed E-state index contributed by atoms with van der Waals surface area (Å²) in [5, 5.41) is 12.2. The number of fused-ring (bicyclic) bond motifs is 4. The molecule has 0 bridgehead atoms. The lowest BCUT2D eigenvalue weighted by molar-refractivity contribution is -0.245. The fourth-order valence-corrected chi connectivity index (χ4v) is 13.6. The lowest BCUT2D eigenvalue weighted by atomic mass is 9.43. The van der Waals surface area contributed by atoms with Gasteiger partial charge in [-0.2, -0.15) is 0 Å². The molecule has 0 aromatic heterocycles. The highest BCUT2D eigenvalue weighted by atomic mass is 16.7. The summed E-state index contributed by atoms with van der Waals surface area (Å²) in [6.45, 7) is 13.8. The van der Waals surface area contributed by atoms with E-state index >= 15 is 0 Å². The van der Waals surface area contributed by atoms with E-state index in [0.29, 0.717) is 61.1 Å². The molecule has 8 rings (SSSR count). The molecule has 44 heavy (non-hydrogen) atoms. The number of rotatable bonds is 6. The predicted octanol–water partition coefficient (Wildman–Crippen LogP) is 5.66.